The van der Waals surface area contributed by atoms with Gasteiger partial charge in [0.2, 0.25) is 0 Å². The first-order chi connectivity index (χ1) is 18.8. The van der Waals surface area contributed by atoms with Crippen molar-refractivity contribution in [2.75, 3.05) is 0 Å². The molecule has 178 valence electrons. The minimum absolute atomic E-state index is 0.976. The van der Waals surface area contributed by atoms with Crippen molar-refractivity contribution in [1.82, 2.24) is 9.97 Å². The molecule has 0 fully saturated rings. The van der Waals surface area contributed by atoms with Crippen molar-refractivity contribution in [2.24, 2.45) is 0 Å². The first kappa shape index (κ1) is 22.1. The van der Waals surface area contributed by atoms with E-state index in [0.29, 0.717) is 0 Å². The molecule has 2 heterocycles. The highest BCUT2D eigenvalue weighted by molar-refractivity contribution is 6.16. The Balaban J connectivity index is 1.53. The van der Waals surface area contributed by atoms with E-state index in [1.807, 2.05) is 30.6 Å². The van der Waals surface area contributed by atoms with E-state index in [0.717, 1.165) is 33.1 Å². The SMILES string of the molecule is c1ccc(-c2cc(-c3ccc(-c4ccncc4)cc3)c3cc(-c4ccccc4)c4ccccc4c3n2)cc1. The van der Waals surface area contributed by atoms with Gasteiger partial charge in [0, 0.05) is 28.7 Å². The summed E-state index contributed by atoms with van der Waals surface area (Å²) in [5, 5.41) is 3.53. The fraction of sp³-hybridized carbons (Fsp3) is 0. The molecule has 7 aromatic rings. The van der Waals surface area contributed by atoms with Gasteiger partial charge in [0.05, 0.1) is 11.2 Å². The fourth-order valence-corrected chi connectivity index (χ4v) is 5.29. The summed E-state index contributed by atoms with van der Waals surface area (Å²) >= 11 is 0. The Kier molecular flexibility index (Phi) is 5.49. The summed E-state index contributed by atoms with van der Waals surface area (Å²) in [6.07, 6.45) is 3.67. The molecule has 5 aromatic carbocycles. The van der Waals surface area contributed by atoms with Gasteiger partial charge in [0.15, 0.2) is 0 Å². The quantitative estimate of drug-likeness (QED) is 0.233. The van der Waals surface area contributed by atoms with Crippen molar-refractivity contribution < 1.29 is 0 Å². The normalized spacial score (nSPS) is 11.2. The molecule has 0 aliphatic carbocycles. The minimum Gasteiger partial charge on any atom is -0.265 e. The molecule has 0 atom stereocenters. The van der Waals surface area contributed by atoms with E-state index in [1.54, 1.807) is 0 Å². The molecule has 0 amide bonds. The average molecular weight is 485 g/mol. The van der Waals surface area contributed by atoms with Crippen LogP contribution in [0.3, 0.4) is 0 Å². The molecule has 0 unspecified atom stereocenters. The summed E-state index contributed by atoms with van der Waals surface area (Å²) < 4.78 is 0. The van der Waals surface area contributed by atoms with Crippen LogP contribution in [0, 0.1) is 0 Å². The van der Waals surface area contributed by atoms with Gasteiger partial charge in [-0.15, -0.1) is 0 Å². The predicted molar refractivity (Wildman–Crippen MR) is 159 cm³/mol. The Bertz CT molecular complexity index is 1880. The van der Waals surface area contributed by atoms with Gasteiger partial charge in [-0.25, -0.2) is 4.98 Å². The van der Waals surface area contributed by atoms with Crippen LogP contribution in [0.25, 0.3) is 66.3 Å². The van der Waals surface area contributed by atoms with Gasteiger partial charge in [-0.05, 0) is 63.0 Å². The summed E-state index contributed by atoms with van der Waals surface area (Å²) in [5.41, 5.74) is 10.2. The Morgan fingerprint density at radius 1 is 0.368 bits per heavy atom. The zero-order valence-electron chi connectivity index (χ0n) is 20.8. The highest BCUT2D eigenvalue weighted by Gasteiger charge is 2.15. The number of nitrogens with zero attached hydrogens (tertiary/aromatic N) is 2. The Labute approximate surface area is 221 Å². The monoisotopic (exact) mass is 484 g/mol. The van der Waals surface area contributed by atoms with Crippen molar-refractivity contribution in [3.8, 4) is 44.6 Å². The predicted octanol–water partition coefficient (Wildman–Crippen LogP) is 9.45. The number of hydrogen-bond acceptors (Lipinski definition) is 2. The van der Waals surface area contributed by atoms with Crippen LogP contribution in [0.2, 0.25) is 0 Å². The molecule has 0 bridgehead atoms. The van der Waals surface area contributed by atoms with Crippen LogP contribution in [0.15, 0.2) is 146 Å². The average Bonchev–Trinajstić information content (AvgIpc) is 3.01. The zero-order valence-corrected chi connectivity index (χ0v) is 20.8. The highest BCUT2D eigenvalue weighted by atomic mass is 14.7. The molecule has 2 heteroatoms. The lowest BCUT2D eigenvalue weighted by Crippen LogP contribution is -1.93. The zero-order chi connectivity index (χ0) is 25.3. The number of aromatic nitrogens is 2. The summed E-state index contributed by atoms with van der Waals surface area (Å²) in [5.74, 6) is 0. The van der Waals surface area contributed by atoms with E-state index < -0.39 is 0 Å². The lowest BCUT2D eigenvalue weighted by molar-refractivity contribution is 1.33. The van der Waals surface area contributed by atoms with Crippen molar-refractivity contribution in [1.29, 1.82) is 0 Å². The van der Waals surface area contributed by atoms with Crippen LogP contribution in [0.1, 0.15) is 0 Å². The molecule has 0 aliphatic heterocycles. The third-order valence-corrected chi connectivity index (χ3v) is 7.18. The lowest BCUT2D eigenvalue weighted by atomic mass is 9.90. The summed E-state index contributed by atoms with van der Waals surface area (Å²) in [6.45, 7) is 0. The molecule has 0 N–H and O–H groups in total. The first-order valence-corrected chi connectivity index (χ1v) is 12.8. The Hall–Kier alpha value is -5.08. The van der Waals surface area contributed by atoms with Gasteiger partial charge >= 0.3 is 0 Å². The summed E-state index contributed by atoms with van der Waals surface area (Å²) in [4.78, 5) is 9.41. The number of rotatable bonds is 4. The van der Waals surface area contributed by atoms with Gasteiger partial charge in [0.25, 0.3) is 0 Å². The summed E-state index contributed by atoms with van der Waals surface area (Å²) in [7, 11) is 0. The van der Waals surface area contributed by atoms with Crippen LogP contribution in [0.4, 0.5) is 0 Å². The number of fused-ring (bicyclic) bond motifs is 3. The molecule has 7 rings (SSSR count). The van der Waals surface area contributed by atoms with E-state index in [2.05, 4.69) is 120 Å². The van der Waals surface area contributed by atoms with E-state index in [9.17, 15) is 0 Å². The molecule has 0 spiro atoms. The van der Waals surface area contributed by atoms with Gasteiger partial charge in [-0.2, -0.15) is 0 Å². The molecule has 38 heavy (non-hydrogen) atoms. The van der Waals surface area contributed by atoms with Crippen LogP contribution in [-0.4, -0.2) is 9.97 Å². The molecule has 2 nitrogen and oxygen atoms in total. The molecule has 0 saturated carbocycles. The first-order valence-electron chi connectivity index (χ1n) is 12.8. The smallest absolute Gasteiger partial charge is 0.0794 e. The van der Waals surface area contributed by atoms with Gasteiger partial charge < -0.3 is 0 Å². The van der Waals surface area contributed by atoms with Crippen LogP contribution in [-0.2, 0) is 0 Å². The van der Waals surface area contributed by atoms with Crippen LogP contribution < -0.4 is 0 Å². The third kappa shape index (κ3) is 3.93. The van der Waals surface area contributed by atoms with Crippen LogP contribution in [0.5, 0.6) is 0 Å². The molecular formula is C36H24N2. The third-order valence-electron chi connectivity index (χ3n) is 7.18. The topological polar surface area (TPSA) is 25.8 Å². The molecule has 0 radical (unpaired) electrons. The second-order valence-electron chi connectivity index (χ2n) is 9.47. The van der Waals surface area contributed by atoms with Gasteiger partial charge in [-0.3, -0.25) is 4.98 Å². The van der Waals surface area contributed by atoms with E-state index >= 15 is 0 Å². The lowest BCUT2D eigenvalue weighted by Gasteiger charge is -2.16. The Morgan fingerprint density at radius 2 is 0.895 bits per heavy atom. The fourth-order valence-electron chi connectivity index (χ4n) is 5.29. The number of hydrogen-bond donors (Lipinski definition) is 0. The molecule has 0 aliphatic rings. The van der Waals surface area contributed by atoms with Crippen molar-refractivity contribution in [3.05, 3.63) is 146 Å². The van der Waals surface area contributed by atoms with Gasteiger partial charge in [-0.1, -0.05) is 109 Å². The number of benzene rings is 5. The van der Waals surface area contributed by atoms with Crippen molar-refractivity contribution >= 4 is 21.7 Å². The molecule has 2 aromatic heterocycles. The van der Waals surface area contributed by atoms with Gasteiger partial charge in [0.1, 0.15) is 0 Å². The summed E-state index contributed by atoms with van der Waals surface area (Å²) in [6, 6.07) is 47.2. The standard InChI is InChI=1S/C36H24N2/c1-3-9-27(10-4-1)32-23-34-33(28-17-15-25(16-18-28)26-19-21-37-22-20-26)24-35(29-11-5-2-6-12-29)38-36(34)31-14-8-7-13-30(31)32/h1-24H. The van der Waals surface area contributed by atoms with E-state index in [-0.39, 0.29) is 0 Å². The maximum atomic E-state index is 5.25. The molecule has 0 saturated heterocycles. The second-order valence-corrected chi connectivity index (χ2v) is 9.47. The van der Waals surface area contributed by atoms with E-state index in [1.165, 1.54) is 33.2 Å². The largest absolute Gasteiger partial charge is 0.265 e. The Morgan fingerprint density at radius 3 is 1.61 bits per heavy atom. The molecular weight excluding hydrogens is 460 g/mol. The minimum atomic E-state index is 0.976. The van der Waals surface area contributed by atoms with E-state index in [4.69, 9.17) is 4.98 Å². The maximum absolute atomic E-state index is 5.25. The number of pyridine rings is 2. The van der Waals surface area contributed by atoms with Crippen molar-refractivity contribution in [2.45, 2.75) is 0 Å². The van der Waals surface area contributed by atoms with Crippen molar-refractivity contribution in [3.63, 3.8) is 0 Å². The maximum Gasteiger partial charge on any atom is 0.0794 e. The second kappa shape index (κ2) is 9.42. The highest BCUT2D eigenvalue weighted by Crippen LogP contribution is 2.40. The van der Waals surface area contributed by atoms with Crippen LogP contribution >= 0.6 is 0 Å².